The van der Waals surface area contributed by atoms with Gasteiger partial charge in [-0.15, -0.1) is 0 Å². The summed E-state index contributed by atoms with van der Waals surface area (Å²) in [4.78, 5) is 31.0. The number of aliphatic hydroxyl groups excluding tert-OH is 1. The van der Waals surface area contributed by atoms with Crippen LogP contribution in [0.1, 0.15) is 63.2 Å². The van der Waals surface area contributed by atoms with Crippen LogP contribution in [0.25, 0.3) is 0 Å². The third kappa shape index (κ3) is 9.44. The third-order valence-electron chi connectivity index (χ3n) is 8.10. The first-order chi connectivity index (χ1) is 20.2. The predicted molar refractivity (Wildman–Crippen MR) is 166 cm³/mol. The molecule has 0 unspecified atom stereocenters. The summed E-state index contributed by atoms with van der Waals surface area (Å²) < 4.78 is 12.7. The molecule has 2 aromatic rings. The maximum atomic E-state index is 14.2. The van der Waals surface area contributed by atoms with E-state index < -0.39 is 12.1 Å². The number of benzene rings is 2. The van der Waals surface area contributed by atoms with Crippen LogP contribution in [-0.2, 0) is 4.74 Å². The lowest BCUT2D eigenvalue weighted by molar-refractivity contribution is -0.0172. The number of para-hydroxylation sites is 1. The Morgan fingerprint density at radius 2 is 1.79 bits per heavy atom. The Balaban J connectivity index is 1.59. The van der Waals surface area contributed by atoms with E-state index in [0.717, 1.165) is 38.3 Å². The molecule has 0 aromatic heterocycles. The van der Waals surface area contributed by atoms with E-state index in [2.05, 4.69) is 29.5 Å². The van der Waals surface area contributed by atoms with E-state index in [1.807, 2.05) is 32.0 Å². The number of aliphatic hydroxyl groups is 1. The summed E-state index contributed by atoms with van der Waals surface area (Å²) in [5.41, 5.74) is 1.49. The highest BCUT2D eigenvalue weighted by Gasteiger charge is 2.31. The lowest BCUT2D eigenvalue weighted by Crippen LogP contribution is -2.47. The molecule has 1 aliphatic heterocycles. The van der Waals surface area contributed by atoms with Crippen molar-refractivity contribution in [1.29, 1.82) is 0 Å². The lowest BCUT2D eigenvalue weighted by atomic mass is 10.0. The van der Waals surface area contributed by atoms with Crippen LogP contribution < -0.4 is 15.4 Å². The first kappa shape index (κ1) is 31.8. The van der Waals surface area contributed by atoms with Crippen LogP contribution in [0, 0.1) is 11.8 Å². The van der Waals surface area contributed by atoms with Crippen molar-refractivity contribution >= 4 is 23.3 Å². The van der Waals surface area contributed by atoms with Gasteiger partial charge >= 0.3 is 6.03 Å². The first-order valence-corrected chi connectivity index (χ1v) is 15.4. The van der Waals surface area contributed by atoms with Gasteiger partial charge in [0, 0.05) is 43.5 Å². The second-order valence-corrected chi connectivity index (χ2v) is 12.1. The summed E-state index contributed by atoms with van der Waals surface area (Å²) >= 11 is 0. The molecule has 9 nitrogen and oxygen atoms in total. The topological polar surface area (TPSA) is 103 Å². The van der Waals surface area contributed by atoms with Gasteiger partial charge in [0.15, 0.2) is 0 Å². The van der Waals surface area contributed by atoms with Gasteiger partial charge in [-0.25, -0.2) is 4.79 Å². The molecule has 0 spiro atoms. The van der Waals surface area contributed by atoms with Crippen LogP contribution in [0.15, 0.2) is 48.5 Å². The number of rotatable bonds is 8. The van der Waals surface area contributed by atoms with Crippen molar-refractivity contribution in [2.75, 3.05) is 50.5 Å². The standard InChI is InChI=1S/C33H48N4O5/c1-23-19-37(24(2)22-38)32(39)29-18-28(35-33(40)34-27-11-6-5-7-12-27)15-16-30(29)42-25(3)10-8-9-17-41-31(23)21-36(4)20-26-13-14-26/h5-7,11-12,15-16,18,23-26,31,38H,8-10,13-14,17,19-22H2,1-4H3,(H2,34,35,40)/t23-,24+,25-,31+/m1/s1. The predicted octanol–water partition coefficient (Wildman–Crippen LogP) is 5.47. The van der Waals surface area contributed by atoms with Crippen molar-refractivity contribution in [2.24, 2.45) is 11.8 Å². The zero-order valence-electron chi connectivity index (χ0n) is 25.6. The molecule has 2 aliphatic rings. The molecule has 4 rings (SSSR count). The number of nitrogens with one attached hydrogen (secondary N) is 2. The number of carbonyl (C=O) groups excluding carboxylic acids is 2. The van der Waals surface area contributed by atoms with Crippen LogP contribution in [0.3, 0.4) is 0 Å². The maximum absolute atomic E-state index is 14.2. The molecule has 4 atom stereocenters. The van der Waals surface area contributed by atoms with Gasteiger partial charge in [0.1, 0.15) is 5.75 Å². The van der Waals surface area contributed by atoms with Gasteiger partial charge in [-0.05, 0) is 89.2 Å². The van der Waals surface area contributed by atoms with E-state index in [1.165, 1.54) is 12.8 Å². The number of hydrogen-bond donors (Lipinski definition) is 3. The van der Waals surface area contributed by atoms with Crippen LogP contribution in [0.5, 0.6) is 5.75 Å². The van der Waals surface area contributed by atoms with E-state index >= 15 is 0 Å². The second kappa shape index (κ2) is 15.4. The van der Waals surface area contributed by atoms with E-state index in [4.69, 9.17) is 9.47 Å². The van der Waals surface area contributed by atoms with Crippen molar-refractivity contribution in [3.8, 4) is 5.75 Å². The Labute approximate surface area is 250 Å². The Kier molecular flexibility index (Phi) is 11.6. The Hall–Kier alpha value is -3.14. The average Bonchev–Trinajstić information content (AvgIpc) is 3.79. The molecule has 0 radical (unpaired) electrons. The maximum Gasteiger partial charge on any atom is 0.323 e. The van der Waals surface area contributed by atoms with Gasteiger partial charge < -0.3 is 35.0 Å². The highest BCUT2D eigenvalue weighted by molar-refractivity contribution is 6.02. The molecule has 230 valence electrons. The fourth-order valence-electron chi connectivity index (χ4n) is 5.40. The monoisotopic (exact) mass is 580 g/mol. The molecule has 3 amide bonds. The molecule has 3 N–H and O–H groups in total. The molecule has 1 fully saturated rings. The van der Waals surface area contributed by atoms with E-state index in [-0.39, 0.29) is 30.6 Å². The van der Waals surface area contributed by atoms with Gasteiger partial charge in [-0.2, -0.15) is 0 Å². The van der Waals surface area contributed by atoms with Crippen molar-refractivity contribution in [2.45, 2.75) is 71.1 Å². The smallest absolute Gasteiger partial charge is 0.323 e. The molecule has 1 heterocycles. The number of hydrogen-bond acceptors (Lipinski definition) is 6. The lowest BCUT2D eigenvalue weighted by Gasteiger charge is -2.36. The zero-order chi connectivity index (χ0) is 30.1. The van der Waals surface area contributed by atoms with Gasteiger partial charge in [0.05, 0.1) is 30.4 Å². The number of urea groups is 1. The molecule has 0 saturated heterocycles. The highest BCUT2D eigenvalue weighted by Crippen LogP contribution is 2.31. The van der Waals surface area contributed by atoms with E-state index in [0.29, 0.717) is 35.8 Å². The van der Waals surface area contributed by atoms with Crippen LogP contribution in [-0.4, -0.2) is 85.0 Å². The number of amides is 3. The molecular formula is C33H48N4O5. The summed E-state index contributed by atoms with van der Waals surface area (Å²) in [6, 6.07) is 13.5. The number of likely N-dealkylation sites (N-methyl/N-ethyl adjacent to an activating group) is 1. The van der Waals surface area contributed by atoms with Crippen LogP contribution in [0.4, 0.5) is 16.2 Å². The van der Waals surface area contributed by atoms with Crippen LogP contribution in [0.2, 0.25) is 0 Å². The van der Waals surface area contributed by atoms with Crippen molar-refractivity contribution in [3.63, 3.8) is 0 Å². The van der Waals surface area contributed by atoms with Crippen molar-refractivity contribution < 1.29 is 24.2 Å². The minimum atomic E-state index is -0.416. The Morgan fingerprint density at radius 1 is 1.05 bits per heavy atom. The molecule has 1 aliphatic carbocycles. The van der Waals surface area contributed by atoms with Crippen molar-refractivity contribution in [1.82, 2.24) is 9.80 Å². The Morgan fingerprint density at radius 3 is 2.50 bits per heavy atom. The number of fused-ring (bicyclic) bond motifs is 1. The quantitative estimate of drug-likeness (QED) is 0.383. The summed E-state index contributed by atoms with van der Waals surface area (Å²) in [5.74, 6) is 1.04. The minimum Gasteiger partial charge on any atom is -0.490 e. The van der Waals surface area contributed by atoms with Gasteiger partial charge in [-0.1, -0.05) is 25.1 Å². The molecule has 9 heteroatoms. The number of carbonyl (C=O) groups is 2. The zero-order valence-corrected chi connectivity index (χ0v) is 25.6. The van der Waals surface area contributed by atoms with Gasteiger partial charge in [-0.3, -0.25) is 4.79 Å². The summed E-state index contributed by atoms with van der Waals surface area (Å²) in [6.45, 7) is 8.76. The second-order valence-electron chi connectivity index (χ2n) is 12.1. The summed E-state index contributed by atoms with van der Waals surface area (Å²) in [6.07, 6.45) is 5.16. The summed E-state index contributed by atoms with van der Waals surface area (Å²) in [7, 11) is 2.15. The van der Waals surface area contributed by atoms with Gasteiger partial charge in [0.2, 0.25) is 0 Å². The molecular weight excluding hydrogens is 532 g/mol. The Bertz CT molecular complexity index is 1160. The number of anilines is 2. The minimum absolute atomic E-state index is 0.0359. The molecule has 0 bridgehead atoms. The molecule has 1 saturated carbocycles. The third-order valence-corrected chi connectivity index (χ3v) is 8.10. The van der Waals surface area contributed by atoms with Crippen LogP contribution >= 0.6 is 0 Å². The average molecular weight is 581 g/mol. The van der Waals surface area contributed by atoms with Crippen molar-refractivity contribution in [3.05, 3.63) is 54.1 Å². The fraction of sp³-hybridized carbons (Fsp3) is 0.576. The fourth-order valence-corrected chi connectivity index (χ4v) is 5.40. The number of nitrogens with zero attached hydrogens (tertiary/aromatic N) is 2. The van der Waals surface area contributed by atoms with E-state index in [9.17, 15) is 14.7 Å². The normalized spacial score (nSPS) is 23.0. The first-order valence-electron chi connectivity index (χ1n) is 15.4. The van der Waals surface area contributed by atoms with Gasteiger partial charge in [0.25, 0.3) is 5.91 Å². The largest absolute Gasteiger partial charge is 0.490 e. The molecule has 42 heavy (non-hydrogen) atoms. The number of ether oxygens (including phenoxy) is 2. The SMILES string of the molecule is C[C@@H]1CCCCO[C@@H](CN(C)CC2CC2)[C@H](C)CN([C@@H](C)CO)C(=O)c2cc(NC(=O)Nc3ccccc3)ccc2O1. The van der Waals surface area contributed by atoms with E-state index in [1.54, 1.807) is 35.2 Å². The highest BCUT2D eigenvalue weighted by atomic mass is 16.5. The summed E-state index contributed by atoms with van der Waals surface area (Å²) in [5, 5.41) is 15.8. The molecule has 2 aromatic carbocycles.